The van der Waals surface area contributed by atoms with E-state index in [1.165, 1.54) is 12.8 Å². The normalized spacial score (nSPS) is 11.9. The quantitative estimate of drug-likeness (QED) is 0.376. The minimum Gasteiger partial charge on any atom is -0.330 e. The third-order valence-corrected chi connectivity index (χ3v) is 6.03. The van der Waals surface area contributed by atoms with Crippen LogP contribution >= 0.6 is 0 Å². The van der Waals surface area contributed by atoms with Crippen molar-refractivity contribution in [1.29, 1.82) is 0 Å². The van der Waals surface area contributed by atoms with E-state index in [1.54, 1.807) is 0 Å². The fraction of sp³-hybridized carbons (Fsp3) is 0.308. The number of fused-ring (bicyclic) bond motifs is 2. The van der Waals surface area contributed by atoms with Gasteiger partial charge in [-0.05, 0) is 54.8 Å². The third kappa shape index (κ3) is 4.07. The summed E-state index contributed by atoms with van der Waals surface area (Å²) in [5.41, 5.74) is 16.6. The molecule has 4 nitrogen and oxygen atoms in total. The number of hydrogen-bond acceptors (Lipinski definition) is 4. The number of aromatic nitrogens is 2. The lowest BCUT2D eigenvalue weighted by Gasteiger charge is -2.33. The van der Waals surface area contributed by atoms with Crippen molar-refractivity contribution in [3.8, 4) is 0 Å². The molecule has 0 bridgehead atoms. The Morgan fingerprint density at radius 3 is 1.70 bits per heavy atom. The average molecular weight is 399 g/mol. The van der Waals surface area contributed by atoms with Crippen LogP contribution in [-0.2, 0) is 5.54 Å². The van der Waals surface area contributed by atoms with Gasteiger partial charge in [-0.15, -0.1) is 0 Å². The minimum atomic E-state index is -0.612. The van der Waals surface area contributed by atoms with Crippen LogP contribution in [-0.4, -0.2) is 16.5 Å². The molecule has 0 aliphatic rings. The molecule has 0 unspecified atom stereocenters. The second kappa shape index (κ2) is 9.33. The molecule has 0 amide bonds. The van der Waals surface area contributed by atoms with E-state index in [0.717, 1.165) is 65.2 Å². The molecule has 4 heteroatoms. The molecule has 4 N–H and O–H groups in total. The molecule has 2 heterocycles. The maximum absolute atomic E-state index is 7.34. The number of unbranched alkanes of at least 4 members (excludes halogenated alkanes) is 4. The van der Waals surface area contributed by atoms with E-state index in [9.17, 15) is 0 Å². The van der Waals surface area contributed by atoms with Crippen molar-refractivity contribution >= 4 is 21.8 Å². The molecule has 0 spiro atoms. The summed E-state index contributed by atoms with van der Waals surface area (Å²) in [5, 5.41) is 2.23. The summed E-state index contributed by atoms with van der Waals surface area (Å²) in [5.74, 6) is 0. The summed E-state index contributed by atoms with van der Waals surface area (Å²) in [6, 6.07) is 20.7. The summed E-state index contributed by atoms with van der Waals surface area (Å²) in [4.78, 5) is 9.12. The van der Waals surface area contributed by atoms with Gasteiger partial charge in [0, 0.05) is 23.2 Å². The van der Waals surface area contributed by atoms with Crippen molar-refractivity contribution in [2.24, 2.45) is 11.5 Å². The van der Waals surface area contributed by atoms with Crippen molar-refractivity contribution < 1.29 is 0 Å². The van der Waals surface area contributed by atoms with Crippen molar-refractivity contribution in [3.05, 3.63) is 84.2 Å². The maximum atomic E-state index is 7.34. The first kappa shape index (κ1) is 20.5. The second-order valence-corrected chi connectivity index (χ2v) is 8.03. The molecule has 2 aromatic heterocycles. The monoisotopic (exact) mass is 398 g/mol. The van der Waals surface area contributed by atoms with Gasteiger partial charge in [0.25, 0.3) is 0 Å². The fourth-order valence-electron chi connectivity index (χ4n) is 4.46. The Bertz CT molecular complexity index is 1030. The molecule has 0 radical (unpaired) electrons. The van der Waals surface area contributed by atoms with Gasteiger partial charge < -0.3 is 11.5 Å². The minimum absolute atomic E-state index is 0.612. The van der Waals surface area contributed by atoms with Gasteiger partial charge in [0.05, 0.1) is 16.6 Å². The highest BCUT2D eigenvalue weighted by Gasteiger charge is 2.32. The Morgan fingerprint density at radius 1 is 0.633 bits per heavy atom. The van der Waals surface area contributed by atoms with Crippen LogP contribution in [0, 0.1) is 0 Å². The van der Waals surface area contributed by atoms with Crippen LogP contribution in [0.5, 0.6) is 0 Å². The SMILES string of the molecule is NCCCCCCCC(N)(c1ccnc2ccccc12)c1ccnc2ccccc12. The maximum Gasteiger partial charge on any atom is 0.0705 e. The molecular weight excluding hydrogens is 368 g/mol. The molecule has 30 heavy (non-hydrogen) atoms. The van der Waals surface area contributed by atoms with Crippen molar-refractivity contribution in [2.45, 2.75) is 44.1 Å². The highest BCUT2D eigenvalue weighted by atomic mass is 14.8. The molecular formula is C26H30N4. The predicted molar refractivity (Wildman–Crippen MR) is 125 cm³/mol. The van der Waals surface area contributed by atoms with E-state index in [-0.39, 0.29) is 0 Å². The van der Waals surface area contributed by atoms with Gasteiger partial charge in [0.1, 0.15) is 0 Å². The average Bonchev–Trinajstić information content (AvgIpc) is 2.80. The van der Waals surface area contributed by atoms with Crippen LogP contribution < -0.4 is 11.5 Å². The Kier molecular flexibility index (Phi) is 6.36. The zero-order valence-corrected chi connectivity index (χ0v) is 17.4. The summed E-state index contributed by atoms with van der Waals surface area (Å²) in [6.45, 7) is 0.771. The predicted octanol–water partition coefficient (Wildman–Crippen LogP) is 5.28. The van der Waals surface area contributed by atoms with E-state index < -0.39 is 5.54 Å². The van der Waals surface area contributed by atoms with Gasteiger partial charge in [0.15, 0.2) is 0 Å². The van der Waals surface area contributed by atoms with Crippen LogP contribution in [0.25, 0.3) is 21.8 Å². The highest BCUT2D eigenvalue weighted by molar-refractivity contribution is 5.87. The summed E-state index contributed by atoms with van der Waals surface area (Å²) in [7, 11) is 0. The smallest absolute Gasteiger partial charge is 0.0705 e. The van der Waals surface area contributed by atoms with E-state index in [4.69, 9.17) is 11.5 Å². The van der Waals surface area contributed by atoms with Gasteiger partial charge in [-0.2, -0.15) is 0 Å². The number of para-hydroxylation sites is 2. The zero-order valence-electron chi connectivity index (χ0n) is 17.4. The van der Waals surface area contributed by atoms with Gasteiger partial charge in [-0.1, -0.05) is 62.1 Å². The lowest BCUT2D eigenvalue weighted by atomic mass is 9.77. The second-order valence-electron chi connectivity index (χ2n) is 8.03. The molecule has 0 aliphatic carbocycles. The summed E-state index contributed by atoms with van der Waals surface area (Å²) < 4.78 is 0. The van der Waals surface area contributed by atoms with Gasteiger partial charge >= 0.3 is 0 Å². The molecule has 0 fully saturated rings. The van der Waals surface area contributed by atoms with Crippen LogP contribution in [0.1, 0.15) is 49.7 Å². The zero-order chi connectivity index (χ0) is 20.8. The lowest BCUT2D eigenvalue weighted by molar-refractivity contribution is 0.458. The molecule has 2 aromatic carbocycles. The van der Waals surface area contributed by atoms with Crippen molar-refractivity contribution in [1.82, 2.24) is 9.97 Å². The number of nitrogens with two attached hydrogens (primary N) is 2. The Labute approximate surface area is 178 Å². The largest absolute Gasteiger partial charge is 0.330 e. The standard InChI is InChI=1S/C26H30N4/c27-17-9-3-1-2-8-16-26(28,22-14-18-29-24-12-6-4-10-20(22)24)23-15-19-30-25-13-7-5-11-21(23)25/h4-7,10-15,18-19H,1-3,8-9,16-17,27-28H2. The molecule has 0 atom stereocenters. The lowest BCUT2D eigenvalue weighted by Crippen LogP contribution is -2.38. The van der Waals surface area contributed by atoms with Gasteiger partial charge in [-0.3, -0.25) is 9.97 Å². The van der Waals surface area contributed by atoms with E-state index in [0.29, 0.717) is 0 Å². The topological polar surface area (TPSA) is 77.8 Å². The van der Waals surface area contributed by atoms with Gasteiger partial charge in [-0.25, -0.2) is 0 Å². The molecule has 0 aliphatic heterocycles. The Balaban J connectivity index is 1.79. The first-order valence-electron chi connectivity index (χ1n) is 10.9. The van der Waals surface area contributed by atoms with E-state index in [2.05, 4.69) is 58.5 Å². The number of hydrogen-bond donors (Lipinski definition) is 2. The van der Waals surface area contributed by atoms with Crippen LogP contribution in [0.3, 0.4) is 0 Å². The summed E-state index contributed by atoms with van der Waals surface area (Å²) in [6.07, 6.45) is 10.3. The van der Waals surface area contributed by atoms with Crippen LogP contribution in [0.4, 0.5) is 0 Å². The van der Waals surface area contributed by atoms with Crippen LogP contribution in [0.2, 0.25) is 0 Å². The van der Waals surface area contributed by atoms with Crippen molar-refractivity contribution in [2.75, 3.05) is 6.54 Å². The van der Waals surface area contributed by atoms with E-state index >= 15 is 0 Å². The first-order valence-corrected chi connectivity index (χ1v) is 10.9. The number of rotatable bonds is 9. The molecule has 0 saturated heterocycles. The first-order chi connectivity index (χ1) is 14.7. The molecule has 154 valence electrons. The Morgan fingerprint density at radius 2 is 1.13 bits per heavy atom. The highest BCUT2D eigenvalue weighted by Crippen LogP contribution is 2.38. The molecule has 4 aromatic rings. The van der Waals surface area contributed by atoms with Gasteiger partial charge in [0.2, 0.25) is 0 Å². The number of pyridine rings is 2. The number of nitrogens with zero attached hydrogens (tertiary/aromatic N) is 2. The van der Waals surface area contributed by atoms with Crippen molar-refractivity contribution in [3.63, 3.8) is 0 Å². The van der Waals surface area contributed by atoms with Crippen LogP contribution in [0.15, 0.2) is 73.1 Å². The molecule has 0 saturated carbocycles. The molecule has 4 rings (SSSR count). The third-order valence-electron chi connectivity index (χ3n) is 6.03. The fourth-order valence-corrected chi connectivity index (χ4v) is 4.46. The van der Waals surface area contributed by atoms with E-state index in [1.807, 2.05) is 24.5 Å². The number of benzene rings is 2. The summed E-state index contributed by atoms with van der Waals surface area (Å²) >= 11 is 0. The Hall–Kier alpha value is -2.82.